The van der Waals surface area contributed by atoms with E-state index in [1.54, 1.807) is 32.5 Å². The van der Waals surface area contributed by atoms with Crippen molar-refractivity contribution in [2.24, 2.45) is 11.3 Å². The summed E-state index contributed by atoms with van der Waals surface area (Å²) >= 11 is 7.72. The molecule has 2 aromatic heterocycles. The molecule has 0 bridgehead atoms. The fourth-order valence-corrected chi connectivity index (χ4v) is 18.4. The van der Waals surface area contributed by atoms with Crippen LogP contribution in [0.25, 0.3) is 32.0 Å². The molecule has 113 heavy (non-hydrogen) atoms. The average Bonchev–Trinajstić information content (AvgIpc) is 1.66. The van der Waals surface area contributed by atoms with Gasteiger partial charge in [0.15, 0.2) is 17.3 Å². The minimum atomic E-state index is -0.806. The first-order valence-electron chi connectivity index (χ1n) is 39.6. The Morgan fingerprint density at radius 3 is 1.18 bits per heavy atom. The maximum atomic E-state index is 13.9. The Morgan fingerprint density at radius 1 is 0.451 bits per heavy atom. The van der Waals surface area contributed by atoms with Gasteiger partial charge in [0.25, 0.3) is 0 Å². The predicted octanol–water partition coefficient (Wildman–Crippen LogP) is 13.5. The van der Waals surface area contributed by atoms with Crippen molar-refractivity contribution < 1.29 is 48.9 Å². The van der Waals surface area contributed by atoms with Crippen molar-refractivity contribution in [3.8, 4) is 32.0 Å². The Hall–Kier alpha value is -9.16. The van der Waals surface area contributed by atoms with E-state index in [0.717, 1.165) is 73.2 Å². The van der Waals surface area contributed by atoms with Crippen molar-refractivity contribution in [2.75, 3.05) is 25.4 Å². The van der Waals surface area contributed by atoms with Crippen molar-refractivity contribution in [3.63, 3.8) is 0 Å². The number of amides is 4. The Bertz CT molecular complexity index is 4690. The number of benzene rings is 7. The number of carbonyl (C=O) groups is 7. The van der Waals surface area contributed by atoms with Crippen LogP contribution in [0.4, 0.5) is 0 Å². The number of likely N-dealkylation sites (tertiary alicyclic amines) is 3. The first kappa shape index (κ1) is 83.3. The summed E-state index contributed by atoms with van der Waals surface area (Å²) in [7, 11) is 0. The van der Waals surface area contributed by atoms with E-state index in [-0.39, 0.29) is 91.8 Å². The monoisotopic (exact) mass is 1580 g/mol. The molecule has 3 saturated heterocycles. The number of aryl methyl sites for hydroxylation is 6. The summed E-state index contributed by atoms with van der Waals surface area (Å²) in [5.74, 6) is -0.257. The lowest BCUT2D eigenvalue weighted by Crippen LogP contribution is -2.56. The molecule has 7 aromatic carbocycles. The summed E-state index contributed by atoms with van der Waals surface area (Å²) in [6.07, 6.45) is 2.30. The summed E-state index contributed by atoms with van der Waals surface area (Å²) in [6, 6.07) is 57.8. The Morgan fingerprint density at radius 2 is 0.796 bits per heavy atom. The van der Waals surface area contributed by atoms with Crippen LogP contribution in [0.1, 0.15) is 135 Å². The van der Waals surface area contributed by atoms with Crippen LogP contribution in [0.3, 0.4) is 0 Å². The predicted molar refractivity (Wildman–Crippen MR) is 449 cm³/mol. The average molecular weight is 1580 g/mol. The van der Waals surface area contributed by atoms with Crippen LogP contribution < -0.4 is 5.32 Å². The molecular formula is C92H106N8O10S3. The first-order chi connectivity index (χ1) is 54.4. The van der Waals surface area contributed by atoms with E-state index in [0.29, 0.717) is 70.2 Å². The van der Waals surface area contributed by atoms with Crippen molar-refractivity contribution in [1.29, 1.82) is 0 Å². The number of hydrogen-bond donors (Lipinski definition) is 5. The zero-order valence-electron chi connectivity index (χ0n) is 65.8. The Labute approximate surface area is 678 Å². The van der Waals surface area contributed by atoms with Crippen molar-refractivity contribution in [3.05, 3.63) is 249 Å². The molecule has 5 aliphatic heterocycles. The molecule has 592 valence electrons. The van der Waals surface area contributed by atoms with E-state index >= 15 is 0 Å². The van der Waals surface area contributed by atoms with Crippen LogP contribution in [0, 0.1) is 25.2 Å². The van der Waals surface area contributed by atoms with E-state index in [4.69, 9.17) is 0 Å². The summed E-state index contributed by atoms with van der Waals surface area (Å²) in [5, 5.41) is 34.2. The topological polar surface area (TPSA) is 234 Å². The van der Waals surface area contributed by atoms with Gasteiger partial charge in [0.2, 0.25) is 23.6 Å². The molecule has 14 rings (SSSR count). The van der Waals surface area contributed by atoms with E-state index in [1.807, 2.05) is 143 Å². The molecule has 3 fully saturated rings. The summed E-state index contributed by atoms with van der Waals surface area (Å²) < 4.78 is 0. The standard InChI is InChI=1S/C32H39N3O4S.C32H36N2O3.C28H31N3O3S2/c1-21-29(40-20-33-21)24-14-10-23(11-15-24)12-16-27(37)26-18-25(36)19-35(26)31(39)30(32(2,3)4)34-28(38)17-13-22-8-6-5-7-9-22;1-22(2)31(33-19-26-10-6-7-11-27(26)20-33)32(37)34-21-28(35)18-29(34)30(36)17-14-23-12-15-25(16-13-23)24-8-4-3-5-9-24;1-18-27(36-17-29-18)20-9-6-19(7-10-20)8-11-26(33)24-12-23(32)15-31(24)28(34)25(16-35)30-13-21-4-2-3-5-22(21)14-30/h5-11,14-15,20,25-26,30,36H,12-13,16-19H2,1-4H3,(H,34,38);3-13,15-16,22,28-29,31,35H,14,17-21H2,1-2H3;2-7,9-10,17,23-25,32,35H,8,11-16H2,1H3/t25-,26+,30-;28-,29+,31+;23-,24+,25+/m111/s1. The fraction of sp³-hybridized carbons (Fsp3) is 0.402. The molecule has 9 atom stereocenters. The van der Waals surface area contributed by atoms with E-state index in [2.05, 4.69) is 136 Å². The van der Waals surface area contributed by atoms with Gasteiger partial charge in [-0.3, -0.25) is 43.4 Å². The molecule has 0 spiro atoms. The summed E-state index contributed by atoms with van der Waals surface area (Å²) in [4.78, 5) is 114. The molecule has 0 saturated carbocycles. The second-order valence-electron chi connectivity index (χ2n) is 32.2. The van der Waals surface area contributed by atoms with Gasteiger partial charge in [0, 0.05) is 96.5 Å². The van der Waals surface area contributed by atoms with Crippen molar-refractivity contribution in [1.82, 2.24) is 39.8 Å². The molecule has 0 aliphatic carbocycles. The first-order valence-corrected chi connectivity index (χ1v) is 42.0. The van der Waals surface area contributed by atoms with Gasteiger partial charge in [-0.25, -0.2) is 9.97 Å². The number of aliphatic hydroxyl groups is 3. The number of β-amino-alcohol motifs (C(OH)–C–C–N with tert-alkyl or cyclic N) is 3. The molecule has 21 heteroatoms. The number of thiol groups is 1. The van der Waals surface area contributed by atoms with Gasteiger partial charge >= 0.3 is 0 Å². The number of nitrogens with zero attached hydrogens (tertiary/aromatic N) is 7. The summed E-state index contributed by atoms with van der Waals surface area (Å²) in [6.45, 7) is 17.2. The van der Waals surface area contributed by atoms with Crippen LogP contribution in [-0.2, 0) is 85.4 Å². The number of carbonyl (C=O) groups excluding carboxylic acids is 7. The fourth-order valence-electron chi connectivity index (χ4n) is 16.3. The van der Waals surface area contributed by atoms with E-state index in [1.165, 1.54) is 32.7 Å². The number of nitrogens with one attached hydrogen (secondary N) is 1. The molecule has 0 unspecified atom stereocenters. The molecule has 9 aromatic rings. The largest absolute Gasteiger partial charge is 0.391 e. The van der Waals surface area contributed by atoms with Gasteiger partial charge in [-0.1, -0.05) is 217 Å². The lowest BCUT2D eigenvalue weighted by atomic mass is 9.85. The smallest absolute Gasteiger partial charge is 0.246 e. The number of fused-ring (bicyclic) bond motifs is 2. The minimum absolute atomic E-state index is 0.00454. The van der Waals surface area contributed by atoms with Crippen LogP contribution in [-0.4, -0.2) is 171 Å². The second kappa shape index (κ2) is 38.3. The zero-order chi connectivity index (χ0) is 80.0. The molecule has 4 N–H and O–H groups in total. The van der Waals surface area contributed by atoms with Crippen molar-refractivity contribution >= 4 is 76.3 Å². The number of aliphatic hydroxyl groups excluding tert-OH is 3. The second-order valence-corrected chi connectivity index (χ2v) is 34.2. The van der Waals surface area contributed by atoms with Crippen LogP contribution in [0.15, 0.2) is 193 Å². The normalized spacial score (nSPS) is 19.5. The van der Waals surface area contributed by atoms with Crippen LogP contribution in [0.5, 0.6) is 0 Å². The maximum absolute atomic E-state index is 13.9. The SMILES string of the molecule is CC(C)[C@@H](C(=O)N1C[C@H](O)C[C@H]1C(=O)CCc1ccc(-c2ccccc2)cc1)N1Cc2ccccc2C1.Cc1ncsc1-c1ccc(CCC(=O)[C@@H]2C[C@@H](O)CN2C(=O)[C@@H](NC(=O)CCc2ccccc2)C(C)(C)C)cc1.Cc1ncsc1-c1ccc(CCC(=O)[C@@H]2C[C@@H](O)CN2C(=O)[C@H](CS)N2Cc3ccccc3C2)cc1. The number of thiazole rings is 2. The number of Topliss-reactive ketones (excluding diaryl/α,β-unsaturated/α-hetero) is 3. The van der Waals surface area contributed by atoms with E-state index < -0.39 is 53.9 Å². The van der Waals surface area contributed by atoms with E-state index in [9.17, 15) is 48.9 Å². The molecule has 0 radical (unpaired) electrons. The van der Waals surface area contributed by atoms with Crippen LogP contribution in [0.2, 0.25) is 0 Å². The van der Waals surface area contributed by atoms with Gasteiger partial charge in [-0.15, -0.1) is 22.7 Å². The zero-order valence-corrected chi connectivity index (χ0v) is 68.3. The quantitative estimate of drug-likeness (QED) is 0.0317. The maximum Gasteiger partial charge on any atom is 0.246 e. The Balaban J connectivity index is 0.000000157. The van der Waals surface area contributed by atoms with Gasteiger partial charge in [0.05, 0.1) is 80.7 Å². The third-order valence-corrected chi connectivity index (χ3v) is 24.9. The van der Waals surface area contributed by atoms with Gasteiger partial charge in [-0.2, -0.15) is 12.6 Å². The number of ketones is 3. The van der Waals surface area contributed by atoms with Gasteiger partial charge < -0.3 is 35.3 Å². The Kier molecular flexibility index (Phi) is 28.2. The third kappa shape index (κ3) is 21.1. The highest BCUT2D eigenvalue weighted by molar-refractivity contribution is 7.80. The molecule has 18 nitrogen and oxygen atoms in total. The summed E-state index contributed by atoms with van der Waals surface area (Å²) in [5.41, 5.74) is 18.9. The highest BCUT2D eigenvalue weighted by atomic mass is 32.1. The lowest BCUT2D eigenvalue weighted by Gasteiger charge is -2.35. The highest BCUT2D eigenvalue weighted by Crippen LogP contribution is 2.36. The molecule has 7 heterocycles. The van der Waals surface area contributed by atoms with Crippen LogP contribution >= 0.6 is 35.3 Å². The third-order valence-electron chi connectivity index (χ3n) is 22.6. The van der Waals surface area contributed by atoms with Gasteiger partial charge in [0.1, 0.15) is 6.04 Å². The van der Waals surface area contributed by atoms with Gasteiger partial charge in [-0.05, 0) is 118 Å². The number of aromatic nitrogens is 2. The highest BCUT2D eigenvalue weighted by Gasteiger charge is 2.47. The minimum Gasteiger partial charge on any atom is -0.391 e. The van der Waals surface area contributed by atoms with Crippen molar-refractivity contribution in [2.45, 2.75) is 200 Å². The number of hydrogen-bond acceptors (Lipinski definition) is 17. The molecule has 4 amide bonds. The molecular weight excluding hydrogens is 1470 g/mol. The number of rotatable bonds is 26. The molecule has 5 aliphatic rings. The lowest BCUT2D eigenvalue weighted by molar-refractivity contribution is -0.144.